The van der Waals surface area contributed by atoms with Crippen LogP contribution in [0.2, 0.25) is 5.02 Å². The number of nitrogens with one attached hydrogen (secondary N) is 1. The Morgan fingerprint density at radius 2 is 2.00 bits per heavy atom. The first-order chi connectivity index (χ1) is 10.7. The predicted molar refractivity (Wildman–Crippen MR) is 90.2 cm³/mol. The van der Waals surface area contributed by atoms with Gasteiger partial charge < -0.3 is 15.2 Å². The Morgan fingerprint density at radius 3 is 2.73 bits per heavy atom. The number of benzene rings is 2. The first-order valence-electron chi connectivity index (χ1n) is 7.52. The zero-order valence-corrected chi connectivity index (χ0v) is 13.5. The Bertz CT molecular complexity index is 585. The van der Waals surface area contributed by atoms with Gasteiger partial charge in [0, 0.05) is 23.2 Å². The number of rotatable bonds is 8. The van der Waals surface area contributed by atoms with Crippen molar-refractivity contribution in [3.63, 3.8) is 0 Å². The Balaban J connectivity index is 1.92. The lowest BCUT2D eigenvalue weighted by Crippen LogP contribution is -2.31. The largest absolute Gasteiger partial charge is 0.489 e. The molecular formula is C18H22ClNO2. The Labute approximate surface area is 136 Å². The van der Waals surface area contributed by atoms with Gasteiger partial charge >= 0.3 is 0 Å². The Hall–Kier alpha value is -1.55. The molecule has 0 aliphatic heterocycles. The number of aliphatic hydroxyl groups is 1. The number of ether oxygens (including phenoxy) is 1. The highest BCUT2D eigenvalue weighted by Crippen LogP contribution is 2.19. The van der Waals surface area contributed by atoms with E-state index in [0.717, 1.165) is 23.3 Å². The van der Waals surface area contributed by atoms with E-state index in [1.165, 1.54) is 0 Å². The van der Waals surface area contributed by atoms with Crippen LogP contribution in [0.1, 0.15) is 24.5 Å². The van der Waals surface area contributed by atoms with Crippen LogP contribution in [0.3, 0.4) is 0 Å². The summed E-state index contributed by atoms with van der Waals surface area (Å²) in [5, 5.41) is 13.2. The van der Waals surface area contributed by atoms with E-state index in [1.807, 2.05) is 48.5 Å². The van der Waals surface area contributed by atoms with Crippen molar-refractivity contribution in [2.45, 2.75) is 32.5 Å². The van der Waals surface area contributed by atoms with Crippen LogP contribution in [0.15, 0.2) is 48.5 Å². The van der Waals surface area contributed by atoms with E-state index in [-0.39, 0.29) is 12.6 Å². The van der Waals surface area contributed by atoms with Gasteiger partial charge in [0.25, 0.3) is 0 Å². The molecule has 4 heteroatoms. The second-order valence-corrected chi connectivity index (χ2v) is 5.60. The molecule has 0 heterocycles. The molecule has 0 saturated carbocycles. The van der Waals surface area contributed by atoms with Gasteiger partial charge in [0.1, 0.15) is 12.4 Å². The van der Waals surface area contributed by atoms with E-state index in [1.54, 1.807) is 0 Å². The van der Waals surface area contributed by atoms with E-state index in [4.69, 9.17) is 16.3 Å². The molecule has 0 aliphatic rings. The van der Waals surface area contributed by atoms with E-state index in [2.05, 4.69) is 12.2 Å². The third-order valence-electron chi connectivity index (χ3n) is 3.56. The van der Waals surface area contributed by atoms with Crippen LogP contribution < -0.4 is 10.1 Å². The van der Waals surface area contributed by atoms with Crippen LogP contribution in [-0.4, -0.2) is 17.8 Å². The number of halogens is 1. The first-order valence-corrected chi connectivity index (χ1v) is 7.90. The lowest BCUT2D eigenvalue weighted by Gasteiger charge is -2.14. The number of hydrogen-bond donors (Lipinski definition) is 2. The first kappa shape index (κ1) is 16.8. The molecule has 0 aromatic heterocycles. The van der Waals surface area contributed by atoms with Crippen molar-refractivity contribution in [2.24, 2.45) is 0 Å². The smallest absolute Gasteiger partial charge is 0.120 e. The van der Waals surface area contributed by atoms with Gasteiger partial charge in [0.15, 0.2) is 0 Å². The molecule has 3 nitrogen and oxygen atoms in total. The summed E-state index contributed by atoms with van der Waals surface area (Å²) in [6, 6.07) is 15.8. The van der Waals surface area contributed by atoms with Crippen LogP contribution in [0, 0.1) is 0 Å². The maximum absolute atomic E-state index is 9.20. The number of hydrogen-bond acceptors (Lipinski definition) is 3. The van der Waals surface area contributed by atoms with Crippen molar-refractivity contribution in [1.82, 2.24) is 5.32 Å². The summed E-state index contributed by atoms with van der Waals surface area (Å²) in [4.78, 5) is 0. The fourth-order valence-electron chi connectivity index (χ4n) is 2.12. The summed E-state index contributed by atoms with van der Waals surface area (Å²) in [6.45, 7) is 3.36. The Kier molecular flexibility index (Phi) is 6.72. The molecule has 2 rings (SSSR count). The van der Waals surface area contributed by atoms with Crippen LogP contribution in [0.25, 0.3) is 0 Å². The van der Waals surface area contributed by atoms with Crippen LogP contribution in [0.4, 0.5) is 0 Å². The predicted octanol–water partition coefficient (Wildman–Crippen LogP) is 3.78. The van der Waals surface area contributed by atoms with Gasteiger partial charge in [0.2, 0.25) is 0 Å². The number of aliphatic hydroxyl groups excluding tert-OH is 1. The standard InChI is InChI=1S/C18H22ClNO2/c1-2-16(12-21)20-11-14-6-5-8-17(10-14)22-13-15-7-3-4-9-18(15)19/h3-10,16,20-21H,2,11-13H2,1H3. The zero-order chi connectivity index (χ0) is 15.8. The molecule has 0 spiro atoms. The maximum Gasteiger partial charge on any atom is 0.120 e. The second kappa shape index (κ2) is 8.79. The molecule has 0 saturated heterocycles. The highest BCUT2D eigenvalue weighted by molar-refractivity contribution is 6.31. The molecule has 2 aromatic rings. The quantitative estimate of drug-likeness (QED) is 0.778. The van der Waals surface area contributed by atoms with Gasteiger partial charge in [-0.2, -0.15) is 0 Å². The minimum absolute atomic E-state index is 0.132. The van der Waals surface area contributed by atoms with Crippen molar-refractivity contribution in [3.8, 4) is 5.75 Å². The van der Waals surface area contributed by atoms with E-state index < -0.39 is 0 Å². The van der Waals surface area contributed by atoms with Crippen LogP contribution >= 0.6 is 11.6 Å². The van der Waals surface area contributed by atoms with Crippen molar-refractivity contribution in [1.29, 1.82) is 0 Å². The average Bonchev–Trinajstić information content (AvgIpc) is 2.55. The molecule has 0 radical (unpaired) electrons. The van der Waals surface area contributed by atoms with Gasteiger partial charge in [-0.1, -0.05) is 48.9 Å². The van der Waals surface area contributed by atoms with Gasteiger partial charge in [-0.25, -0.2) is 0 Å². The summed E-state index contributed by atoms with van der Waals surface area (Å²) < 4.78 is 5.81. The Morgan fingerprint density at radius 1 is 1.18 bits per heavy atom. The third-order valence-corrected chi connectivity index (χ3v) is 3.93. The second-order valence-electron chi connectivity index (χ2n) is 5.20. The molecule has 22 heavy (non-hydrogen) atoms. The molecular weight excluding hydrogens is 298 g/mol. The monoisotopic (exact) mass is 319 g/mol. The summed E-state index contributed by atoms with van der Waals surface area (Å²) in [5.74, 6) is 0.816. The van der Waals surface area contributed by atoms with Gasteiger partial charge in [-0.3, -0.25) is 0 Å². The van der Waals surface area contributed by atoms with E-state index >= 15 is 0 Å². The third kappa shape index (κ3) is 5.02. The van der Waals surface area contributed by atoms with Crippen molar-refractivity contribution in [3.05, 3.63) is 64.7 Å². The zero-order valence-electron chi connectivity index (χ0n) is 12.8. The minimum Gasteiger partial charge on any atom is -0.489 e. The van der Waals surface area contributed by atoms with Crippen LogP contribution in [-0.2, 0) is 13.2 Å². The highest BCUT2D eigenvalue weighted by atomic mass is 35.5. The fraction of sp³-hybridized carbons (Fsp3) is 0.333. The lowest BCUT2D eigenvalue weighted by molar-refractivity contribution is 0.238. The fourth-order valence-corrected chi connectivity index (χ4v) is 2.31. The molecule has 2 N–H and O–H groups in total. The maximum atomic E-state index is 9.20. The molecule has 0 bridgehead atoms. The average molecular weight is 320 g/mol. The normalized spacial score (nSPS) is 12.1. The molecule has 0 fully saturated rings. The minimum atomic E-state index is 0.132. The molecule has 0 aliphatic carbocycles. The highest BCUT2D eigenvalue weighted by Gasteiger charge is 2.05. The van der Waals surface area contributed by atoms with Gasteiger partial charge in [0.05, 0.1) is 6.61 Å². The van der Waals surface area contributed by atoms with Crippen molar-refractivity contribution < 1.29 is 9.84 Å². The van der Waals surface area contributed by atoms with Gasteiger partial charge in [-0.15, -0.1) is 0 Å². The molecule has 1 unspecified atom stereocenters. The SMILES string of the molecule is CCC(CO)NCc1cccc(OCc2ccccc2Cl)c1. The van der Waals surface area contributed by atoms with E-state index in [0.29, 0.717) is 18.2 Å². The van der Waals surface area contributed by atoms with E-state index in [9.17, 15) is 5.11 Å². The van der Waals surface area contributed by atoms with Gasteiger partial charge in [-0.05, 0) is 30.2 Å². The summed E-state index contributed by atoms with van der Waals surface area (Å²) in [7, 11) is 0. The van der Waals surface area contributed by atoms with Crippen LogP contribution in [0.5, 0.6) is 5.75 Å². The molecule has 2 aromatic carbocycles. The molecule has 0 amide bonds. The van der Waals surface area contributed by atoms with Crippen molar-refractivity contribution >= 4 is 11.6 Å². The van der Waals surface area contributed by atoms with Crippen molar-refractivity contribution in [2.75, 3.05) is 6.61 Å². The lowest BCUT2D eigenvalue weighted by atomic mass is 10.2. The summed E-state index contributed by atoms with van der Waals surface area (Å²) >= 11 is 6.12. The molecule has 118 valence electrons. The summed E-state index contributed by atoms with van der Waals surface area (Å²) in [5.41, 5.74) is 2.10. The summed E-state index contributed by atoms with van der Waals surface area (Å²) in [6.07, 6.45) is 0.902. The topological polar surface area (TPSA) is 41.5 Å². The molecule has 1 atom stereocenters.